The van der Waals surface area contributed by atoms with E-state index >= 15 is 0 Å². The number of sulfonamides is 1. The number of nitriles is 1. The van der Waals surface area contributed by atoms with Crippen LogP contribution in [0.25, 0.3) is 22.5 Å². The van der Waals surface area contributed by atoms with Gasteiger partial charge in [0.1, 0.15) is 32.7 Å². The van der Waals surface area contributed by atoms with Crippen LogP contribution in [0, 0.1) is 11.3 Å². The maximum Gasteiger partial charge on any atom is 0.222 e. The number of nitrogens with two attached hydrogens (primary N) is 1. The van der Waals surface area contributed by atoms with Crippen molar-refractivity contribution in [3.63, 3.8) is 0 Å². The molecule has 83 heavy (non-hydrogen) atoms. The number of nitrogen functional groups attached to an aromatic ring is 1. The van der Waals surface area contributed by atoms with Gasteiger partial charge in [-0.25, -0.2) is 21.6 Å². The Morgan fingerprint density at radius 3 is 1.48 bits per heavy atom. The Kier molecular flexibility index (Phi) is 50.4. The summed E-state index contributed by atoms with van der Waals surface area (Å²) in [5, 5.41) is 15.8. The Bertz CT molecular complexity index is 3310. The Balaban J connectivity index is 0.000000533. The first kappa shape index (κ1) is 87.7. The van der Waals surface area contributed by atoms with Crippen molar-refractivity contribution in [2.24, 2.45) is 0 Å². The smallest absolute Gasteiger partial charge is 0.222 e. The van der Waals surface area contributed by atoms with E-state index in [1.165, 1.54) is 38.7 Å². The summed E-state index contributed by atoms with van der Waals surface area (Å²) in [5.74, 6) is 0.725. The molecule has 7 rings (SSSR count). The average Bonchev–Trinajstić information content (AvgIpc) is 4.27. The van der Waals surface area contributed by atoms with E-state index < -0.39 is 27.0 Å². The van der Waals surface area contributed by atoms with Crippen LogP contribution in [0.15, 0.2) is 141 Å². The van der Waals surface area contributed by atoms with Gasteiger partial charge in [-0.2, -0.15) is 5.26 Å². The predicted octanol–water partition coefficient (Wildman–Crippen LogP) is 22.0. The number of ketones is 1. The molecule has 39 heteroatoms. The molecule has 472 valence electrons. The predicted molar refractivity (Wildman–Crippen MR) is 497 cm³/mol. The standard InChI is InChI=1S/C17H17N3O4S.C9H11ClO3S.C8H7N3O.C8H6N2O.2CH4.I19/c1-3-12-4-5-15(23-2)16(10-12)25(21,22)20-17-11-14(19-24-17)13-6-8-18-9-7-13;1-3-7-4-5-8(13-2)9(6-7)14(10,11)12;9-8-5-7(11-12-8)6-1-3-10-4-2-6;9-4-1-8(11)7-2-5-10-6-3-7;;;1-11-13(4)15(6)17(8)19(10)18(9)16(7)14(5)12(2)3/h4-11,20H,3H2,1-2H3;4-6H,3H2,1-2H3;1-5H,9H2;2-3,5-6H,1H2;2*1H4;/q;;;;;;-1. The van der Waals surface area contributed by atoms with Crippen molar-refractivity contribution >= 4 is 297 Å². The summed E-state index contributed by atoms with van der Waals surface area (Å²) >= 11 is 30.9. The summed E-state index contributed by atoms with van der Waals surface area (Å²) in [6.45, 7) is 3.88. The van der Waals surface area contributed by atoms with Gasteiger partial charge >= 0.3 is 263 Å². The van der Waals surface area contributed by atoms with Gasteiger partial charge < -0.3 is 24.3 Å². The average molecular weight is 3340 g/mol. The third kappa shape index (κ3) is 31.9. The van der Waals surface area contributed by atoms with Gasteiger partial charge in [-0.3, -0.25) is 19.7 Å². The fraction of sp³-hybridized carbons (Fsp3) is 0.205. The monoisotopic (exact) mass is 3340 g/mol. The maximum absolute atomic E-state index is 12.7. The molecule has 0 radical (unpaired) electrons. The molecule has 0 amide bonds. The molecular weight excluding hydrogens is 3300 g/mol. The number of aromatic nitrogens is 5. The molecule has 0 unspecified atom stereocenters. The first-order valence-electron chi connectivity index (χ1n) is 20.9. The quantitative estimate of drug-likeness (QED) is 0.0408. The Hall–Kier alpha value is 6.73. The largest absolute Gasteiger partial charge is 0.368 e. The molecule has 5 aromatic heterocycles. The Labute approximate surface area is 624 Å². The van der Waals surface area contributed by atoms with Gasteiger partial charge in [0.05, 0.1) is 26.7 Å². The van der Waals surface area contributed by atoms with E-state index in [1.807, 2.05) is 38.1 Å². The number of carbonyl (C=O) groups excluding carboxylic acids is 1. The summed E-state index contributed by atoms with van der Waals surface area (Å²) in [5.41, 5.74) is 10.7. The molecule has 0 aliphatic carbocycles. The van der Waals surface area contributed by atoms with Crippen LogP contribution < -0.4 is 33.2 Å². The fourth-order valence-corrected chi connectivity index (χ4v) is 2730. The first-order valence-corrected chi connectivity index (χ1v) is 138. The van der Waals surface area contributed by atoms with Crippen LogP contribution in [-0.4, -0.2) is 62.1 Å². The number of pyridine rings is 3. The number of hydrogen-bond acceptors (Lipinski definition) is 16. The maximum atomic E-state index is 12.7. The van der Waals surface area contributed by atoms with Crippen LogP contribution in [0.5, 0.6) is 11.5 Å². The number of methoxy groups -OCH3 is 2. The number of benzene rings is 2. The van der Waals surface area contributed by atoms with Crippen LogP contribution in [0.3, 0.4) is 0 Å². The van der Waals surface area contributed by atoms with E-state index in [-0.39, 0.29) is 109 Å². The summed E-state index contributed by atoms with van der Waals surface area (Å²) in [4.78, 5) is 22.6. The van der Waals surface area contributed by atoms with Crippen molar-refractivity contribution in [2.45, 2.75) is 57.8 Å². The van der Waals surface area contributed by atoms with Gasteiger partial charge in [0.25, 0.3) is 19.1 Å². The molecule has 2 aromatic carbocycles. The molecule has 0 spiro atoms. The van der Waals surface area contributed by atoms with Gasteiger partial charge in [0.2, 0.25) is 11.8 Å². The second kappa shape index (κ2) is 47.6. The van der Waals surface area contributed by atoms with Crippen molar-refractivity contribution in [3.8, 4) is 40.1 Å². The number of nitrogens with zero attached hydrogens (tertiary/aromatic N) is 6. The van der Waals surface area contributed by atoms with Gasteiger partial charge in [-0.05, 0) is 84.6 Å². The third-order valence-electron chi connectivity index (χ3n) is 8.90. The zero-order chi connectivity index (χ0) is 60.5. The summed E-state index contributed by atoms with van der Waals surface area (Å²) in [6.07, 6.45) is 11.1. The molecule has 17 nitrogen and oxygen atoms in total. The van der Waals surface area contributed by atoms with E-state index in [1.54, 1.807) is 79.4 Å². The number of ether oxygens (including phenoxy) is 2. The van der Waals surface area contributed by atoms with E-state index in [0.29, 0.717) is 36.8 Å². The number of halogens is 20. The van der Waals surface area contributed by atoms with Crippen molar-refractivity contribution in [1.82, 2.24) is 25.3 Å². The molecule has 0 aliphatic heterocycles. The van der Waals surface area contributed by atoms with Gasteiger partial charge in [0, 0.05) is 76.7 Å². The summed E-state index contributed by atoms with van der Waals surface area (Å²) in [7, 11) is -2.49. The topological polar surface area (TPSA) is 256 Å². The third-order valence-corrected chi connectivity index (χ3v) is 1250. The summed E-state index contributed by atoms with van der Waals surface area (Å²) < 4.78 is 70.1. The molecule has 0 atom stereocenters. The summed E-state index contributed by atoms with van der Waals surface area (Å²) in [6, 6.07) is 25.4. The molecule has 0 bridgehead atoms. The first-order chi connectivity index (χ1) is 38.4. The number of Topliss-reactive ketones (excluding diaryl/α,β-unsaturated/α-hetero) is 1. The van der Waals surface area contributed by atoms with Crippen LogP contribution in [0.4, 0.5) is 11.8 Å². The minimum atomic E-state index is -3.88. The molecule has 0 fully saturated rings. The zero-order valence-electron chi connectivity index (χ0n) is 41.0. The molecule has 7 aromatic rings. The van der Waals surface area contributed by atoms with Gasteiger partial charge in [-0.1, -0.05) is 51.1 Å². The SMILES string of the molecule is C.C.CCc1ccc(OC)c(S(=O)(=O)Cl)c1.CCc1ccc(OC)c(S(=O)(=O)Nc2cc(-c3ccncc3)no2)c1.I[I-]I(I)I(I)I(I)I(I)I(I)I(I)I(I)I(I)I.N#CCC(=O)c1ccncc1.Nc1cc(-c2ccncc2)no1. The molecule has 3 N–H and O–H groups in total. The molecule has 5 heterocycles. The number of anilines is 2. The van der Waals surface area contributed by atoms with E-state index in [9.17, 15) is 21.6 Å². The number of hydrogen-bond donors (Lipinski definition) is 2. The fourth-order valence-electron chi connectivity index (χ4n) is 5.31. The van der Waals surface area contributed by atoms with Crippen molar-refractivity contribution in [1.29, 1.82) is 5.26 Å². The van der Waals surface area contributed by atoms with Crippen LogP contribution in [0.2, 0.25) is 0 Å². The molecule has 0 saturated carbocycles. The van der Waals surface area contributed by atoms with Crippen LogP contribution in [-0.2, 0) is 31.9 Å². The minimum absolute atomic E-state index is 0. The van der Waals surface area contributed by atoms with Crippen LogP contribution in [0.1, 0.15) is 56.6 Å². The second-order valence-corrected chi connectivity index (χ2v) is 424. The van der Waals surface area contributed by atoms with Crippen molar-refractivity contribution < 1.29 is 53.4 Å². The molecular formula is C44H49ClI19N8O9S2-. The number of carbonyl (C=O) groups is 1. The van der Waals surface area contributed by atoms with Crippen molar-refractivity contribution in [3.05, 3.63) is 139 Å². The molecule has 0 saturated heterocycles. The molecule has 0 aliphatic rings. The van der Waals surface area contributed by atoms with Crippen LogP contribution >= 0.6 is 260 Å². The Morgan fingerprint density at radius 1 is 0.651 bits per heavy atom. The van der Waals surface area contributed by atoms with E-state index in [0.717, 1.165) is 34.4 Å². The number of nitrogens with one attached hydrogen (secondary N) is 1. The number of aryl methyl sites for hydroxylation is 2. The minimum Gasteiger partial charge on any atom is -0.368 e. The second-order valence-electron chi connectivity index (χ2n) is 13.7. The normalized spacial score (nSPS) is 11.9. The van der Waals surface area contributed by atoms with Crippen molar-refractivity contribution in [2.75, 3.05) is 24.7 Å². The Morgan fingerprint density at radius 2 is 1.07 bits per heavy atom. The number of rotatable bonds is 20. The van der Waals surface area contributed by atoms with Gasteiger partial charge in [0.15, 0.2) is 5.78 Å². The van der Waals surface area contributed by atoms with E-state index in [4.69, 9.17) is 40.2 Å². The van der Waals surface area contributed by atoms with Gasteiger partial charge in [-0.15, -0.1) is 0 Å². The zero-order valence-corrected chi connectivity index (χ0v) is 84.4. The van der Waals surface area contributed by atoms with E-state index in [2.05, 4.69) is 216 Å².